The highest BCUT2D eigenvalue weighted by molar-refractivity contribution is 7.91. The van der Waals surface area contributed by atoms with E-state index in [1.165, 1.54) is 27.0 Å². The maximum Gasteiger partial charge on any atom is 0.264 e. The van der Waals surface area contributed by atoms with Crippen molar-refractivity contribution in [1.29, 1.82) is 0 Å². The molecule has 31 heavy (non-hydrogen) atoms. The van der Waals surface area contributed by atoms with Crippen molar-refractivity contribution in [1.82, 2.24) is 9.21 Å². The lowest BCUT2D eigenvalue weighted by Gasteiger charge is -2.33. The number of carbonyl (C=O) groups excluding carboxylic acids is 1. The normalized spacial score (nSPS) is 15.2. The summed E-state index contributed by atoms with van der Waals surface area (Å²) in [6.45, 7) is 5.82. The summed E-state index contributed by atoms with van der Waals surface area (Å²) in [4.78, 5) is 15.3. The van der Waals surface area contributed by atoms with E-state index in [1.807, 2.05) is 37.4 Å². The van der Waals surface area contributed by atoms with Crippen molar-refractivity contribution in [3.05, 3.63) is 68.7 Å². The van der Waals surface area contributed by atoms with Crippen LogP contribution >= 0.6 is 22.7 Å². The average Bonchev–Trinajstić information content (AvgIpc) is 3.47. The first kappa shape index (κ1) is 22.0. The van der Waals surface area contributed by atoms with Gasteiger partial charge in [0.2, 0.25) is 0 Å². The van der Waals surface area contributed by atoms with E-state index in [4.69, 9.17) is 4.74 Å². The number of hydrogen-bond donors (Lipinski definition) is 0. The molecular weight excluding hydrogens is 452 g/mol. The minimum absolute atomic E-state index is 0.0591. The Labute approximate surface area is 190 Å². The highest BCUT2D eigenvalue weighted by atomic mass is 32.2. The van der Waals surface area contributed by atoms with Crippen molar-refractivity contribution < 1.29 is 17.9 Å². The molecule has 1 aromatic carbocycles. The van der Waals surface area contributed by atoms with Crippen molar-refractivity contribution in [3.63, 3.8) is 0 Å². The summed E-state index contributed by atoms with van der Waals surface area (Å²) < 4.78 is 33.0. The van der Waals surface area contributed by atoms with Crippen LogP contribution in [0.2, 0.25) is 0 Å². The molecule has 0 radical (unpaired) electrons. The second kappa shape index (κ2) is 9.12. The molecule has 1 aliphatic heterocycles. The van der Waals surface area contributed by atoms with Gasteiger partial charge in [-0.3, -0.25) is 4.79 Å². The fourth-order valence-corrected chi connectivity index (χ4v) is 6.84. The van der Waals surface area contributed by atoms with Gasteiger partial charge in [0.25, 0.3) is 15.9 Å². The lowest BCUT2D eigenvalue weighted by molar-refractivity contribution is 0.0703. The molecule has 3 heterocycles. The monoisotopic (exact) mass is 476 g/mol. The summed E-state index contributed by atoms with van der Waals surface area (Å²) in [5.74, 6) is 0.790. The van der Waals surface area contributed by atoms with Gasteiger partial charge in [-0.2, -0.15) is 4.31 Å². The first-order valence-electron chi connectivity index (χ1n) is 9.95. The van der Waals surface area contributed by atoms with Crippen LogP contribution in [-0.2, 0) is 16.6 Å². The molecule has 0 saturated carbocycles. The number of piperazine rings is 1. The predicted molar refractivity (Wildman–Crippen MR) is 124 cm³/mol. The quantitative estimate of drug-likeness (QED) is 0.536. The number of aryl methyl sites for hydroxylation is 2. The number of carbonyl (C=O) groups is 1. The standard InChI is InChI=1S/C22H24N2O4S3/c1-16-5-6-17(2)19(12-16)28-14-18-13-20(30-15-18)22(25)23-7-9-24(10-8-23)31(26,27)21-4-3-11-29-21/h3-6,11-13,15H,7-10,14H2,1-2H3. The van der Waals surface area contributed by atoms with E-state index in [2.05, 4.69) is 6.07 Å². The number of thiophene rings is 2. The Morgan fingerprint density at radius 3 is 2.55 bits per heavy atom. The summed E-state index contributed by atoms with van der Waals surface area (Å²) >= 11 is 2.61. The molecule has 164 valence electrons. The summed E-state index contributed by atoms with van der Waals surface area (Å²) in [6.07, 6.45) is 0. The van der Waals surface area contributed by atoms with E-state index >= 15 is 0 Å². The second-order valence-corrected chi connectivity index (χ2v) is 11.5. The first-order valence-corrected chi connectivity index (χ1v) is 13.1. The number of rotatable bonds is 6. The van der Waals surface area contributed by atoms with E-state index in [9.17, 15) is 13.2 Å². The number of benzene rings is 1. The molecule has 1 amide bonds. The SMILES string of the molecule is Cc1ccc(C)c(OCc2csc(C(=O)N3CCN(S(=O)(=O)c4cccs4)CC3)c2)c1. The fraction of sp³-hybridized carbons (Fsp3) is 0.318. The minimum Gasteiger partial charge on any atom is -0.489 e. The van der Waals surface area contributed by atoms with Gasteiger partial charge < -0.3 is 9.64 Å². The van der Waals surface area contributed by atoms with E-state index < -0.39 is 10.0 Å². The maximum absolute atomic E-state index is 12.9. The van der Waals surface area contributed by atoms with Crippen molar-refractivity contribution in [2.75, 3.05) is 26.2 Å². The van der Waals surface area contributed by atoms with Crippen LogP contribution in [0.4, 0.5) is 0 Å². The lowest BCUT2D eigenvalue weighted by atomic mass is 10.1. The molecule has 1 fully saturated rings. The number of sulfonamides is 1. The van der Waals surface area contributed by atoms with Crippen LogP contribution in [-0.4, -0.2) is 49.7 Å². The number of amides is 1. The van der Waals surface area contributed by atoms with Crippen molar-refractivity contribution in [2.45, 2.75) is 24.7 Å². The van der Waals surface area contributed by atoms with Crippen molar-refractivity contribution in [3.8, 4) is 5.75 Å². The van der Waals surface area contributed by atoms with Crippen LogP contribution in [0.5, 0.6) is 5.75 Å². The number of nitrogens with zero attached hydrogens (tertiary/aromatic N) is 2. The topological polar surface area (TPSA) is 66.9 Å². The molecule has 0 bridgehead atoms. The fourth-order valence-electron chi connectivity index (χ4n) is 3.41. The van der Waals surface area contributed by atoms with Crippen LogP contribution in [0.25, 0.3) is 0 Å². The van der Waals surface area contributed by atoms with Gasteiger partial charge in [0.15, 0.2) is 0 Å². The van der Waals surface area contributed by atoms with Crippen molar-refractivity contribution in [2.24, 2.45) is 0 Å². The van der Waals surface area contributed by atoms with E-state index in [0.717, 1.165) is 22.4 Å². The molecule has 0 spiro atoms. The first-order chi connectivity index (χ1) is 14.8. The molecule has 0 atom stereocenters. The molecule has 1 saturated heterocycles. The Bertz CT molecular complexity index is 1160. The average molecular weight is 477 g/mol. The Kier molecular flexibility index (Phi) is 6.47. The van der Waals surface area contributed by atoms with Crippen LogP contribution in [0.15, 0.2) is 51.4 Å². The van der Waals surface area contributed by atoms with Gasteiger partial charge >= 0.3 is 0 Å². The molecule has 9 heteroatoms. The van der Waals surface area contributed by atoms with Gasteiger partial charge in [-0.25, -0.2) is 8.42 Å². The zero-order valence-electron chi connectivity index (χ0n) is 17.4. The van der Waals surface area contributed by atoms with Gasteiger partial charge in [-0.05, 0) is 53.9 Å². The third-order valence-corrected chi connectivity index (χ3v) is 9.46. The maximum atomic E-state index is 12.9. The molecule has 0 unspecified atom stereocenters. The number of ether oxygens (including phenoxy) is 1. The summed E-state index contributed by atoms with van der Waals surface area (Å²) in [5, 5.41) is 3.70. The summed E-state index contributed by atoms with van der Waals surface area (Å²) in [7, 11) is -3.47. The van der Waals surface area contributed by atoms with E-state index in [0.29, 0.717) is 41.9 Å². The Balaban J connectivity index is 1.35. The molecular formula is C22H24N2O4S3. The smallest absolute Gasteiger partial charge is 0.264 e. The number of hydrogen-bond acceptors (Lipinski definition) is 6. The largest absolute Gasteiger partial charge is 0.489 e. The van der Waals surface area contributed by atoms with Crippen LogP contribution in [0.1, 0.15) is 26.4 Å². The Morgan fingerprint density at radius 2 is 1.84 bits per heavy atom. The zero-order chi connectivity index (χ0) is 22.0. The lowest BCUT2D eigenvalue weighted by Crippen LogP contribution is -2.50. The zero-order valence-corrected chi connectivity index (χ0v) is 19.9. The van der Waals surface area contributed by atoms with Crippen LogP contribution in [0.3, 0.4) is 0 Å². The predicted octanol–water partition coefficient (Wildman–Crippen LogP) is 4.15. The minimum atomic E-state index is -3.47. The van der Waals surface area contributed by atoms with Gasteiger partial charge in [-0.1, -0.05) is 18.2 Å². The Morgan fingerprint density at radius 1 is 1.06 bits per heavy atom. The summed E-state index contributed by atoms with van der Waals surface area (Å²) in [5.41, 5.74) is 3.17. The molecule has 0 N–H and O–H groups in total. The molecule has 0 aliphatic carbocycles. The molecule has 3 aromatic rings. The van der Waals surface area contributed by atoms with Gasteiger partial charge in [0, 0.05) is 31.7 Å². The van der Waals surface area contributed by atoms with Gasteiger partial charge in [0.1, 0.15) is 16.6 Å². The van der Waals surface area contributed by atoms with Gasteiger partial charge in [-0.15, -0.1) is 22.7 Å². The Hall–Kier alpha value is -2.20. The molecule has 6 nitrogen and oxygen atoms in total. The van der Waals surface area contributed by atoms with E-state index in [1.54, 1.807) is 22.4 Å². The second-order valence-electron chi connectivity index (χ2n) is 7.51. The summed E-state index contributed by atoms with van der Waals surface area (Å²) in [6, 6.07) is 11.3. The van der Waals surface area contributed by atoms with Crippen molar-refractivity contribution >= 4 is 38.6 Å². The van der Waals surface area contributed by atoms with E-state index in [-0.39, 0.29) is 5.91 Å². The highest BCUT2D eigenvalue weighted by Crippen LogP contribution is 2.25. The van der Waals surface area contributed by atoms with Crippen LogP contribution < -0.4 is 4.74 Å². The third-order valence-electron chi connectivity index (χ3n) is 5.22. The third kappa shape index (κ3) is 4.85. The molecule has 4 rings (SSSR count). The van der Waals surface area contributed by atoms with Gasteiger partial charge in [0.05, 0.1) is 4.88 Å². The molecule has 1 aliphatic rings. The molecule has 2 aromatic heterocycles. The van der Waals surface area contributed by atoms with Crippen LogP contribution in [0, 0.1) is 13.8 Å². The highest BCUT2D eigenvalue weighted by Gasteiger charge is 2.31.